The summed E-state index contributed by atoms with van der Waals surface area (Å²) in [4.78, 5) is 40.7. The quantitative estimate of drug-likeness (QED) is 0.423. The summed E-state index contributed by atoms with van der Waals surface area (Å²) < 4.78 is 10.7. The Hall–Kier alpha value is -4.14. The number of carboxylic acids is 1. The number of nitrogens with one attached hydrogen (secondary N) is 2. The summed E-state index contributed by atoms with van der Waals surface area (Å²) in [6, 6.07) is 16.1. The molecule has 1 heterocycles. The van der Waals surface area contributed by atoms with Crippen LogP contribution in [0.1, 0.15) is 60.0 Å². The fourth-order valence-electron chi connectivity index (χ4n) is 4.53. The number of hydrogen-bond acceptors (Lipinski definition) is 6. The number of carbonyl (C=O) groups excluding carboxylic acids is 2. The van der Waals surface area contributed by atoms with Crippen LogP contribution in [0.15, 0.2) is 59.3 Å². The molecule has 0 saturated carbocycles. The second kappa shape index (κ2) is 10.0. The Labute approximate surface area is 202 Å². The second-order valence-corrected chi connectivity index (χ2v) is 8.35. The topological polar surface area (TPSA) is 131 Å². The van der Waals surface area contributed by atoms with Crippen LogP contribution >= 0.6 is 0 Å². The fraction of sp³-hybridized carbons (Fsp3) is 0.308. The van der Waals surface area contributed by atoms with Crippen LogP contribution in [0.5, 0.6) is 0 Å². The standard InChI is InChI=1S/C26H27N3O6/c1-3-26(4-2,24(32)27-13-21-22(23(30)31)28-15-35-21)29-25(33)34-14-20-18-11-7-5-9-16(18)17-10-6-8-12-19(17)20/h5-12,15,20H,3-4,13-14H2,1-2H3,(H,27,32)(H,29,33)(H,30,31). The van der Waals surface area contributed by atoms with Crippen molar-refractivity contribution in [1.82, 2.24) is 15.6 Å². The highest BCUT2D eigenvalue weighted by molar-refractivity contribution is 5.90. The van der Waals surface area contributed by atoms with Crippen LogP contribution in [0.4, 0.5) is 4.79 Å². The maximum atomic E-state index is 13.0. The molecule has 0 radical (unpaired) electrons. The fourth-order valence-corrected chi connectivity index (χ4v) is 4.53. The lowest BCUT2D eigenvalue weighted by atomic mass is 9.91. The highest BCUT2D eigenvalue weighted by Crippen LogP contribution is 2.44. The van der Waals surface area contributed by atoms with E-state index < -0.39 is 23.5 Å². The van der Waals surface area contributed by atoms with Gasteiger partial charge in [-0.2, -0.15) is 0 Å². The lowest BCUT2D eigenvalue weighted by molar-refractivity contribution is -0.128. The molecule has 182 valence electrons. The zero-order valence-corrected chi connectivity index (χ0v) is 19.5. The van der Waals surface area contributed by atoms with Gasteiger partial charge >= 0.3 is 12.1 Å². The number of benzene rings is 2. The van der Waals surface area contributed by atoms with Gasteiger partial charge in [-0.25, -0.2) is 14.6 Å². The van der Waals surface area contributed by atoms with Crippen molar-refractivity contribution < 1.29 is 28.6 Å². The van der Waals surface area contributed by atoms with E-state index in [2.05, 4.69) is 27.8 Å². The first-order chi connectivity index (χ1) is 16.9. The second-order valence-electron chi connectivity index (χ2n) is 8.35. The third kappa shape index (κ3) is 4.62. The highest BCUT2D eigenvalue weighted by Gasteiger charge is 2.38. The van der Waals surface area contributed by atoms with Crippen LogP contribution in [0, 0.1) is 0 Å². The molecular weight excluding hydrogens is 450 g/mol. The normalized spacial score (nSPS) is 12.5. The lowest BCUT2D eigenvalue weighted by Gasteiger charge is -2.31. The maximum Gasteiger partial charge on any atom is 0.408 e. The zero-order valence-electron chi connectivity index (χ0n) is 19.5. The number of aromatic carboxylic acids is 1. The molecule has 9 heteroatoms. The molecule has 0 atom stereocenters. The van der Waals surface area contributed by atoms with Gasteiger partial charge in [0.25, 0.3) is 0 Å². The number of rotatable bonds is 9. The van der Waals surface area contributed by atoms with Crippen molar-refractivity contribution in [3.8, 4) is 11.1 Å². The first kappa shape index (κ1) is 24.0. The summed E-state index contributed by atoms with van der Waals surface area (Å²) in [5.41, 5.74) is 2.94. The molecule has 4 rings (SSSR count). The molecule has 2 amide bonds. The van der Waals surface area contributed by atoms with Crippen LogP contribution < -0.4 is 10.6 Å². The molecule has 1 aliphatic rings. The number of fused-ring (bicyclic) bond motifs is 3. The number of oxazole rings is 1. The van der Waals surface area contributed by atoms with Gasteiger partial charge < -0.3 is 24.9 Å². The lowest BCUT2D eigenvalue weighted by Crippen LogP contribution is -2.58. The van der Waals surface area contributed by atoms with Gasteiger partial charge in [0.1, 0.15) is 12.1 Å². The van der Waals surface area contributed by atoms with Gasteiger partial charge in [-0.15, -0.1) is 0 Å². The average Bonchev–Trinajstić information content (AvgIpc) is 3.47. The summed E-state index contributed by atoms with van der Waals surface area (Å²) in [6.07, 6.45) is 0.924. The van der Waals surface area contributed by atoms with Crippen LogP contribution in [-0.2, 0) is 16.1 Å². The number of carboxylic acid groups (broad SMARTS) is 1. The number of nitrogens with zero attached hydrogens (tertiary/aromatic N) is 1. The van der Waals surface area contributed by atoms with E-state index >= 15 is 0 Å². The van der Waals surface area contributed by atoms with Crippen molar-refractivity contribution in [1.29, 1.82) is 0 Å². The van der Waals surface area contributed by atoms with Crippen LogP contribution in [0.3, 0.4) is 0 Å². The van der Waals surface area contributed by atoms with E-state index in [9.17, 15) is 14.4 Å². The van der Waals surface area contributed by atoms with Gasteiger partial charge in [0.2, 0.25) is 5.91 Å². The largest absolute Gasteiger partial charge is 0.476 e. The first-order valence-electron chi connectivity index (χ1n) is 11.5. The van der Waals surface area contributed by atoms with Crippen molar-refractivity contribution in [2.45, 2.75) is 44.7 Å². The molecule has 2 aromatic carbocycles. The summed E-state index contributed by atoms with van der Waals surface area (Å²) >= 11 is 0. The summed E-state index contributed by atoms with van der Waals surface area (Å²) in [6.45, 7) is 3.52. The van der Waals surface area contributed by atoms with Gasteiger partial charge in [0.05, 0.1) is 6.54 Å². The number of hydrogen-bond donors (Lipinski definition) is 3. The van der Waals surface area contributed by atoms with E-state index in [1.165, 1.54) is 0 Å². The van der Waals surface area contributed by atoms with Crippen molar-refractivity contribution in [2.24, 2.45) is 0 Å². The predicted molar refractivity (Wildman–Crippen MR) is 127 cm³/mol. The van der Waals surface area contributed by atoms with E-state index in [1.807, 2.05) is 36.4 Å². The van der Waals surface area contributed by atoms with Crippen LogP contribution in [0.25, 0.3) is 11.1 Å². The first-order valence-corrected chi connectivity index (χ1v) is 11.5. The number of amides is 2. The minimum absolute atomic E-state index is 0.0214. The smallest absolute Gasteiger partial charge is 0.408 e. The van der Waals surface area contributed by atoms with Crippen molar-refractivity contribution >= 4 is 18.0 Å². The molecule has 1 aromatic heterocycles. The van der Waals surface area contributed by atoms with Crippen LogP contribution in [-0.4, -0.2) is 40.2 Å². The Morgan fingerprint density at radius 1 is 1.03 bits per heavy atom. The van der Waals surface area contributed by atoms with E-state index in [-0.39, 0.29) is 30.5 Å². The molecule has 0 fully saturated rings. The predicted octanol–water partition coefficient (Wildman–Crippen LogP) is 4.09. The molecular formula is C26H27N3O6. The van der Waals surface area contributed by atoms with Crippen molar-refractivity contribution in [3.63, 3.8) is 0 Å². The van der Waals surface area contributed by atoms with Crippen molar-refractivity contribution in [3.05, 3.63) is 77.5 Å². The third-order valence-electron chi connectivity index (χ3n) is 6.58. The Balaban J connectivity index is 1.42. The Bertz CT molecular complexity index is 1200. The van der Waals surface area contributed by atoms with Gasteiger partial charge in [-0.05, 0) is 35.1 Å². The molecule has 0 saturated heterocycles. The van der Waals surface area contributed by atoms with Gasteiger partial charge in [-0.3, -0.25) is 4.79 Å². The number of aromatic nitrogens is 1. The van der Waals surface area contributed by atoms with E-state index in [1.54, 1.807) is 13.8 Å². The maximum absolute atomic E-state index is 13.0. The highest BCUT2D eigenvalue weighted by atomic mass is 16.5. The molecule has 0 spiro atoms. The van der Waals surface area contributed by atoms with E-state index in [4.69, 9.17) is 14.3 Å². The summed E-state index contributed by atoms with van der Waals surface area (Å²) in [5, 5.41) is 14.5. The number of carbonyl (C=O) groups is 3. The minimum atomic E-state index is -1.25. The Morgan fingerprint density at radius 2 is 1.63 bits per heavy atom. The molecule has 35 heavy (non-hydrogen) atoms. The zero-order chi connectivity index (χ0) is 25.0. The Morgan fingerprint density at radius 3 is 2.20 bits per heavy atom. The SMILES string of the molecule is CCC(CC)(NC(=O)OCC1c2ccccc2-c2ccccc21)C(=O)NCc1ocnc1C(=O)O. The summed E-state index contributed by atoms with van der Waals surface area (Å²) in [7, 11) is 0. The molecule has 0 bridgehead atoms. The number of ether oxygens (including phenoxy) is 1. The van der Waals surface area contributed by atoms with E-state index in [0.717, 1.165) is 28.6 Å². The van der Waals surface area contributed by atoms with Gasteiger partial charge in [0.15, 0.2) is 17.8 Å². The van der Waals surface area contributed by atoms with Crippen LogP contribution in [0.2, 0.25) is 0 Å². The number of alkyl carbamates (subject to hydrolysis) is 1. The van der Waals surface area contributed by atoms with E-state index in [0.29, 0.717) is 12.8 Å². The third-order valence-corrected chi connectivity index (χ3v) is 6.58. The Kier molecular flexibility index (Phi) is 6.86. The molecule has 3 aromatic rings. The average molecular weight is 478 g/mol. The minimum Gasteiger partial charge on any atom is -0.476 e. The molecule has 1 aliphatic carbocycles. The molecule has 3 N–H and O–H groups in total. The summed E-state index contributed by atoms with van der Waals surface area (Å²) in [5.74, 6) is -1.80. The van der Waals surface area contributed by atoms with Crippen molar-refractivity contribution in [2.75, 3.05) is 6.61 Å². The van der Waals surface area contributed by atoms with Gasteiger partial charge in [-0.1, -0.05) is 62.4 Å². The monoisotopic (exact) mass is 477 g/mol. The molecule has 0 unspecified atom stereocenters. The van der Waals surface area contributed by atoms with Gasteiger partial charge in [0, 0.05) is 5.92 Å². The molecule has 0 aliphatic heterocycles. The molecule has 9 nitrogen and oxygen atoms in total.